The summed E-state index contributed by atoms with van der Waals surface area (Å²) >= 11 is 0. The maximum Gasteiger partial charge on any atom is 0.491 e. The minimum absolute atomic E-state index is 0.138. The molecule has 0 fully saturated rings. The molecule has 0 bridgehead atoms. The molecular formula is C8H8BFN2O2. The van der Waals surface area contributed by atoms with Gasteiger partial charge in [0.2, 0.25) is 0 Å². The van der Waals surface area contributed by atoms with Gasteiger partial charge in [0, 0.05) is 17.9 Å². The van der Waals surface area contributed by atoms with Crippen LogP contribution in [0.25, 0.3) is 10.9 Å². The molecule has 0 unspecified atom stereocenters. The summed E-state index contributed by atoms with van der Waals surface area (Å²) in [5, 5.41) is 22.3. The highest BCUT2D eigenvalue weighted by Crippen LogP contribution is 2.14. The monoisotopic (exact) mass is 194 g/mol. The van der Waals surface area contributed by atoms with Gasteiger partial charge in [0.25, 0.3) is 0 Å². The molecule has 0 saturated heterocycles. The zero-order chi connectivity index (χ0) is 10.3. The molecule has 72 valence electrons. The van der Waals surface area contributed by atoms with E-state index in [-0.39, 0.29) is 11.0 Å². The third-order valence-electron chi connectivity index (χ3n) is 2.15. The van der Waals surface area contributed by atoms with Crippen molar-refractivity contribution in [3.63, 3.8) is 0 Å². The van der Waals surface area contributed by atoms with Gasteiger partial charge in [0.05, 0.1) is 6.20 Å². The highest BCUT2D eigenvalue weighted by Gasteiger charge is 2.19. The zero-order valence-corrected chi connectivity index (χ0v) is 7.48. The number of halogens is 1. The van der Waals surface area contributed by atoms with Crippen LogP contribution in [0.3, 0.4) is 0 Å². The zero-order valence-electron chi connectivity index (χ0n) is 7.48. The highest BCUT2D eigenvalue weighted by molar-refractivity contribution is 6.59. The lowest BCUT2D eigenvalue weighted by molar-refractivity contribution is 0.423. The molecule has 0 saturated carbocycles. The first-order valence-electron chi connectivity index (χ1n) is 4.07. The van der Waals surface area contributed by atoms with E-state index in [2.05, 4.69) is 5.10 Å². The quantitative estimate of drug-likeness (QED) is 0.595. The first kappa shape index (κ1) is 9.17. The van der Waals surface area contributed by atoms with Crippen molar-refractivity contribution in [3.8, 4) is 0 Å². The Bertz CT molecular complexity index is 483. The van der Waals surface area contributed by atoms with Crippen LogP contribution in [-0.2, 0) is 7.05 Å². The Morgan fingerprint density at radius 3 is 2.79 bits per heavy atom. The predicted molar refractivity (Wildman–Crippen MR) is 50.5 cm³/mol. The number of fused-ring (bicyclic) bond motifs is 1. The average molecular weight is 194 g/mol. The fourth-order valence-corrected chi connectivity index (χ4v) is 1.43. The SMILES string of the molecule is Cn1ncc2ccc(B(O)O)c(F)c21. The van der Waals surface area contributed by atoms with Gasteiger partial charge in [-0.05, 0) is 0 Å². The van der Waals surface area contributed by atoms with Crippen LogP contribution in [0.1, 0.15) is 0 Å². The molecule has 0 aliphatic heterocycles. The Morgan fingerprint density at radius 2 is 2.14 bits per heavy atom. The van der Waals surface area contributed by atoms with Crippen molar-refractivity contribution in [2.45, 2.75) is 0 Å². The molecule has 4 nitrogen and oxygen atoms in total. The number of hydrogen-bond donors (Lipinski definition) is 2. The molecule has 1 heterocycles. The summed E-state index contributed by atoms with van der Waals surface area (Å²) in [5.74, 6) is -0.641. The maximum atomic E-state index is 13.6. The van der Waals surface area contributed by atoms with E-state index in [1.54, 1.807) is 13.1 Å². The topological polar surface area (TPSA) is 58.3 Å². The standard InChI is InChI=1S/C8H8BFN2O2/c1-12-8-5(4-11-12)2-3-6(7(8)10)9(13)14/h2-4,13-14H,1H3. The lowest BCUT2D eigenvalue weighted by atomic mass is 9.79. The van der Waals surface area contributed by atoms with Crippen molar-refractivity contribution in [1.29, 1.82) is 0 Å². The van der Waals surface area contributed by atoms with Crippen molar-refractivity contribution in [2.24, 2.45) is 7.05 Å². The summed E-state index contributed by atoms with van der Waals surface area (Å²) < 4.78 is 15.0. The van der Waals surface area contributed by atoms with Gasteiger partial charge in [-0.2, -0.15) is 5.10 Å². The fraction of sp³-hybridized carbons (Fsp3) is 0.125. The van der Waals surface area contributed by atoms with Crippen LogP contribution in [0.5, 0.6) is 0 Å². The molecule has 2 N–H and O–H groups in total. The van der Waals surface area contributed by atoms with E-state index in [9.17, 15) is 4.39 Å². The molecule has 0 amide bonds. The molecule has 0 spiro atoms. The number of rotatable bonds is 1. The minimum Gasteiger partial charge on any atom is -0.423 e. The van der Waals surface area contributed by atoms with Gasteiger partial charge in [-0.25, -0.2) is 4.39 Å². The molecular weight excluding hydrogens is 186 g/mol. The fourth-order valence-electron chi connectivity index (χ4n) is 1.43. The lowest BCUT2D eigenvalue weighted by Gasteiger charge is -2.03. The van der Waals surface area contributed by atoms with Gasteiger partial charge in [0.15, 0.2) is 0 Å². The van der Waals surface area contributed by atoms with Crippen molar-refractivity contribution in [3.05, 3.63) is 24.1 Å². The largest absolute Gasteiger partial charge is 0.491 e. The Morgan fingerprint density at radius 1 is 1.43 bits per heavy atom. The van der Waals surface area contributed by atoms with E-state index in [1.165, 1.54) is 16.9 Å². The van der Waals surface area contributed by atoms with Gasteiger partial charge in [-0.15, -0.1) is 0 Å². The van der Waals surface area contributed by atoms with Crippen LogP contribution in [0.2, 0.25) is 0 Å². The third-order valence-corrected chi connectivity index (χ3v) is 2.15. The van der Waals surface area contributed by atoms with Gasteiger partial charge in [0.1, 0.15) is 11.3 Å². The second kappa shape index (κ2) is 3.07. The Labute approximate surface area is 79.7 Å². The van der Waals surface area contributed by atoms with Crippen LogP contribution >= 0.6 is 0 Å². The second-order valence-corrected chi connectivity index (χ2v) is 3.05. The predicted octanol–water partition coefficient (Wildman–Crippen LogP) is -0.608. The number of aryl methyl sites for hydroxylation is 1. The van der Waals surface area contributed by atoms with Gasteiger partial charge in [-0.3, -0.25) is 4.68 Å². The number of benzene rings is 1. The number of nitrogens with zero attached hydrogens (tertiary/aromatic N) is 2. The first-order valence-corrected chi connectivity index (χ1v) is 4.07. The molecule has 6 heteroatoms. The first-order chi connectivity index (χ1) is 6.61. The summed E-state index contributed by atoms with van der Waals surface area (Å²) in [6.45, 7) is 0. The van der Waals surface area contributed by atoms with E-state index in [1.807, 2.05) is 0 Å². The van der Waals surface area contributed by atoms with Gasteiger partial charge < -0.3 is 10.0 Å². The third kappa shape index (κ3) is 1.20. The molecule has 0 atom stereocenters. The van der Waals surface area contributed by atoms with Gasteiger partial charge in [-0.1, -0.05) is 12.1 Å². The van der Waals surface area contributed by atoms with Crippen molar-refractivity contribution < 1.29 is 14.4 Å². The second-order valence-electron chi connectivity index (χ2n) is 3.05. The summed E-state index contributed by atoms with van der Waals surface area (Å²) in [7, 11) is -0.201. The molecule has 0 aliphatic rings. The summed E-state index contributed by atoms with van der Waals surface area (Å²) in [4.78, 5) is 0. The number of hydrogen-bond acceptors (Lipinski definition) is 3. The average Bonchev–Trinajstić information content (AvgIpc) is 2.48. The minimum atomic E-state index is -1.80. The smallest absolute Gasteiger partial charge is 0.423 e. The molecule has 2 aromatic rings. The normalized spacial score (nSPS) is 10.9. The Balaban J connectivity index is 2.79. The lowest BCUT2D eigenvalue weighted by Crippen LogP contribution is -2.32. The van der Waals surface area contributed by atoms with Crippen LogP contribution in [-0.4, -0.2) is 26.9 Å². The number of aromatic nitrogens is 2. The van der Waals surface area contributed by atoms with Crippen LogP contribution < -0.4 is 5.46 Å². The maximum absolute atomic E-state index is 13.6. The molecule has 0 aliphatic carbocycles. The molecule has 1 aromatic carbocycles. The Hall–Kier alpha value is -1.40. The van der Waals surface area contributed by atoms with Crippen LogP contribution in [0, 0.1) is 5.82 Å². The van der Waals surface area contributed by atoms with Crippen LogP contribution in [0.4, 0.5) is 4.39 Å². The molecule has 2 rings (SSSR count). The van der Waals surface area contributed by atoms with E-state index in [0.717, 1.165) is 0 Å². The van der Waals surface area contributed by atoms with E-state index in [4.69, 9.17) is 10.0 Å². The van der Waals surface area contributed by atoms with Crippen molar-refractivity contribution >= 4 is 23.5 Å². The van der Waals surface area contributed by atoms with Crippen molar-refractivity contribution in [1.82, 2.24) is 9.78 Å². The van der Waals surface area contributed by atoms with E-state index >= 15 is 0 Å². The van der Waals surface area contributed by atoms with E-state index in [0.29, 0.717) is 5.39 Å². The Kier molecular flexibility index (Phi) is 2.01. The summed E-state index contributed by atoms with van der Waals surface area (Å²) in [5.41, 5.74) is 0.136. The van der Waals surface area contributed by atoms with Crippen molar-refractivity contribution in [2.75, 3.05) is 0 Å². The molecule has 1 aromatic heterocycles. The molecule has 0 radical (unpaired) electrons. The van der Waals surface area contributed by atoms with Crippen LogP contribution in [0.15, 0.2) is 18.3 Å². The molecule has 14 heavy (non-hydrogen) atoms. The van der Waals surface area contributed by atoms with Gasteiger partial charge >= 0.3 is 7.12 Å². The highest BCUT2D eigenvalue weighted by atomic mass is 19.1. The summed E-state index contributed by atoms with van der Waals surface area (Å²) in [6.07, 6.45) is 1.52. The van der Waals surface area contributed by atoms with E-state index < -0.39 is 12.9 Å². The summed E-state index contributed by atoms with van der Waals surface area (Å²) in [6, 6.07) is 2.93.